The molecule has 0 radical (unpaired) electrons. The molecule has 6 heteroatoms. The van der Waals surface area contributed by atoms with Crippen molar-refractivity contribution < 1.29 is 23.9 Å². The number of fused-ring (bicyclic) bond motifs is 5. The van der Waals surface area contributed by atoms with Crippen molar-refractivity contribution in [1.82, 2.24) is 0 Å². The molecule has 4 aromatic rings. The second-order valence-corrected chi connectivity index (χ2v) is 10.7. The minimum Gasteiger partial charge on any atom is -0.427 e. The molecule has 7 rings (SSSR count). The van der Waals surface area contributed by atoms with E-state index in [2.05, 4.69) is 0 Å². The normalized spacial score (nSPS) is 21.4. The summed E-state index contributed by atoms with van der Waals surface area (Å²) in [7, 11) is 0. The maximum Gasteiger partial charge on any atom is 0.308 e. The maximum atomic E-state index is 14.7. The fourth-order valence-electron chi connectivity index (χ4n) is 6.97. The van der Waals surface area contributed by atoms with Crippen molar-refractivity contribution in [1.29, 1.82) is 0 Å². The highest BCUT2D eigenvalue weighted by molar-refractivity contribution is 6.32. The lowest BCUT2D eigenvalue weighted by molar-refractivity contribution is -0.131. The summed E-state index contributed by atoms with van der Waals surface area (Å²) in [4.78, 5) is 57.3. The van der Waals surface area contributed by atoms with Crippen LogP contribution in [0.25, 0.3) is 6.08 Å². The lowest BCUT2D eigenvalue weighted by Gasteiger charge is -2.37. The topological polar surface area (TPSA) is 80.8 Å². The van der Waals surface area contributed by atoms with Crippen molar-refractivity contribution in [2.75, 3.05) is 4.90 Å². The summed E-state index contributed by atoms with van der Waals surface area (Å²) < 4.78 is 5.18. The molecule has 0 bridgehead atoms. The van der Waals surface area contributed by atoms with Crippen LogP contribution < -0.4 is 9.64 Å². The van der Waals surface area contributed by atoms with Gasteiger partial charge in [0.2, 0.25) is 0 Å². The fraction of sp³-hybridized carbons (Fsp3) is 0.143. The molecule has 0 N–H and O–H groups in total. The number of nitrogens with zero attached hydrogens (tertiary/aromatic N) is 1. The van der Waals surface area contributed by atoms with E-state index in [1.54, 1.807) is 48.5 Å². The van der Waals surface area contributed by atoms with E-state index in [4.69, 9.17) is 4.74 Å². The minimum atomic E-state index is -1.53. The zero-order chi connectivity index (χ0) is 28.3. The Morgan fingerprint density at radius 3 is 2.02 bits per heavy atom. The Bertz CT molecular complexity index is 1740. The van der Waals surface area contributed by atoms with Crippen LogP contribution in [0.4, 0.5) is 5.69 Å². The Kier molecular flexibility index (Phi) is 5.61. The second kappa shape index (κ2) is 9.24. The average molecular weight is 540 g/mol. The molecule has 2 heterocycles. The summed E-state index contributed by atoms with van der Waals surface area (Å²) in [5, 5.41) is 0. The predicted molar refractivity (Wildman–Crippen MR) is 154 cm³/mol. The Balaban J connectivity index is 1.48. The van der Waals surface area contributed by atoms with Crippen molar-refractivity contribution in [2.45, 2.75) is 24.9 Å². The largest absolute Gasteiger partial charge is 0.427 e. The zero-order valence-corrected chi connectivity index (χ0v) is 22.2. The smallest absolute Gasteiger partial charge is 0.308 e. The number of Topliss-reactive ketones (excluding diaryl/α,β-unsaturated/α-hetero) is 3. The van der Waals surface area contributed by atoms with Crippen LogP contribution in [0, 0.1) is 5.41 Å². The van der Waals surface area contributed by atoms with Gasteiger partial charge in [-0.05, 0) is 41.5 Å². The van der Waals surface area contributed by atoms with E-state index in [9.17, 15) is 19.2 Å². The van der Waals surface area contributed by atoms with Crippen molar-refractivity contribution in [3.8, 4) is 5.75 Å². The van der Waals surface area contributed by atoms with Gasteiger partial charge in [-0.2, -0.15) is 0 Å². The Morgan fingerprint density at radius 1 is 0.756 bits per heavy atom. The van der Waals surface area contributed by atoms with Crippen LogP contribution in [0.5, 0.6) is 5.75 Å². The highest BCUT2D eigenvalue weighted by Gasteiger charge is 2.71. The summed E-state index contributed by atoms with van der Waals surface area (Å²) in [6, 6.07) is 29.0. The van der Waals surface area contributed by atoms with E-state index >= 15 is 0 Å². The quantitative estimate of drug-likeness (QED) is 0.138. The van der Waals surface area contributed by atoms with Gasteiger partial charge in [0.15, 0.2) is 17.3 Å². The molecule has 0 aromatic heterocycles. The molecule has 0 amide bonds. The molecule has 41 heavy (non-hydrogen) atoms. The molecule has 4 aromatic carbocycles. The number of esters is 1. The van der Waals surface area contributed by atoms with Gasteiger partial charge in [0.1, 0.15) is 17.2 Å². The van der Waals surface area contributed by atoms with E-state index in [0.29, 0.717) is 22.4 Å². The second-order valence-electron chi connectivity index (χ2n) is 10.7. The van der Waals surface area contributed by atoms with E-state index < -0.39 is 29.4 Å². The number of carbonyl (C=O) groups excluding carboxylic acids is 4. The molecule has 6 nitrogen and oxygen atoms in total. The van der Waals surface area contributed by atoms with Crippen LogP contribution in [-0.2, 0) is 4.79 Å². The number of ether oxygens (including phenoxy) is 1. The number of carbonyl (C=O) groups is 4. The van der Waals surface area contributed by atoms with E-state index in [1.165, 1.54) is 6.92 Å². The highest BCUT2D eigenvalue weighted by Crippen LogP contribution is 2.60. The molecule has 3 aliphatic rings. The first-order valence-corrected chi connectivity index (χ1v) is 13.5. The van der Waals surface area contributed by atoms with Crippen LogP contribution in [0.1, 0.15) is 55.0 Å². The van der Waals surface area contributed by atoms with Gasteiger partial charge in [0, 0.05) is 35.2 Å². The van der Waals surface area contributed by atoms with Gasteiger partial charge in [0.05, 0.1) is 6.04 Å². The molecule has 0 saturated carbocycles. The van der Waals surface area contributed by atoms with Crippen molar-refractivity contribution >= 4 is 35.1 Å². The predicted octanol–water partition coefficient (Wildman–Crippen LogP) is 5.93. The Morgan fingerprint density at radius 2 is 1.37 bits per heavy atom. The van der Waals surface area contributed by atoms with Crippen LogP contribution in [0.15, 0.2) is 109 Å². The van der Waals surface area contributed by atoms with Gasteiger partial charge in [-0.25, -0.2) is 0 Å². The lowest BCUT2D eigenvalue weighted by atomic mass is 9.64. The number of benzene rings is 4. The zero-order valence-electron chi connectivity index (χ0n) is 22.2. The summed E-state index contributed by atoms with van der Waals surface area (Å²) in [6.07, 6.45) is 3.86. The third-order valence-electron chi connectivity index (χ3n) is 8.54. The summed E-state index contributed by atoms with van der Waals surface area (Å²) >= 11 is 0. The molecule has 2 aliphatic heterocycles. The minimum absolute atomic E-state index is 0.225. The highest BCUT2D eigenvalue weighted by atomic mass is 16.5. The van der Waals surface area contributed by atoms with Crippen LogP contribution >= 0.6 is 0 Å². The number of anilines is 1. The van der Waals surface area contributed by atoms with E-state index in [1.807, 2.05) is 71.6 Å². The lowest BCUT2D eigenvalue weighted by Crippen LogP contribution is -2.48. The van der Waals surface area contributed by atoms with Gasteiger partial charge >= 0.3 is 5.97 Å². The third kappa shape index (κ3) is 3.50. The first-order chi connectivity index (χ1) is 19.9. The number of rotatable bonds is 4. The van der Waals surface area contributed by atoms with Gasteiger partial charge in [-0.3, -0.25) is 19.2 Å². The van der Waals surface area contributed by atoms with Crippen LogP contribution in [0.2, 0.25) is 0 Å². The molecule has 200 valence electrons. The fourth-order valence-corrected chi connectivity index (χ4v) is 6.97. The number of hydrogen-bond acceptors (Lipinski definition) is 6. The summed E-state index contributed by atoms with van der Waals surface area (Å²) in [5.74, 6) is -1.63. The van der Waals surface area contributed by atoms with Gasteiger partial charge < -0.3 is 9.64 Å². The van der Waals surface area contributed by atoms with Crippen molar-refractivity contribution in [3.63, 3.8) is 0 Å². The first-order valence-electron chi connectivity index (χ1n) is 13.5. The number of hydrogen-bond donors (Lipinski definition) is 0. The molecule has 3 atom stereocenters. The molecular formula is C35H25NO5. The van der Waals surface area contributed by atoms with E-state index in [0.717, 1.165) is 16.8 Å². The van der Waals surface area contributed by atoms with Crippen LogP contribution in [0.3, 0.4) is 0 Å². The van der Waals surface area contributed by atoms with E-state index in [-0.39, 0.29) is 17.3 Å². The molecule has 1 saturated heterocycles. The Hall–Kier alpha value is -5.10. The molecule has 1 spiro atoms. The average Bonchev–Trinajstić information content (AvgIpc) is 3.43. The molecule has 1 unspecified atom stereocenters. The SMILES string of the molecule is CC(=O)Oc1ccc(C(=O)[C@H]2[C@H](c3ccccc3)C3(C(=O)c4ccccc4C3=O)C3C=Cc4ccccc4N32)cc1. The van der Waals surface area contributed by atoms with Crippen LogP contribution in [-0.4, -0.2) is 35.4 Å². The first kappa shape index (κ1) is 24.9. The van der Waals surface area contributed by atoms with Gasteiger partial charge in [-0.1, -0.05) is 84.9 Å². The van der Waals surface area contributed by atoms with Gasteiger partial charge in [-0.15, -0.1) is 0 Å². The number of para-hydroxylation sites is 1. The monoisotopic (exact) mass is 539 g/mol. The summed E-state index contributed by atoms with van der Waals surface area (Å²) in [6.45, 7) is 1.32. The molecule has 1 aliphatic carbocycles. The standard InChI is InChI=1S/C35H25NO5/c1-21(37)41-25-18-15-24(16-19-25)32(38)31-30(23-10-3-2-4-11-23)35(33(39)26-12-6-7-13-27(26)34(35)40)29-20-17-22-9-5-8-14-28(22)36(29)31/h2-20,29-31H,1H3/t29?,30-,31+/m0/s1. The molecular weight excluding hydrogens is 514 g/mol. The van der Waals surface area contributed by atoms with Crippen molar-refractivity contribution in [2.24, 2.45) is 5.41 Å². The Labute approximate surface area is 236 Å². The maximum absolute atomic E-state index is 14.7. The third-order valence-corrected chi connectivity index (χ3v) is 8.54. The summed E-state index contributed by atoms with van der Waals surface area (Å²) in [5.41, 5.74) is 2.10. The number of ketones is 3. The molecule has 1 fully saturated rings. The van der Waals surface area contributed by atoms with Crippen molar-refractivity contribution in [3.05, 3.63) is 137 Å². The van der Waals surface area contributed by atoms with Gasteiger partial charge in [0.25, 0.3) is 0 Å².